The molecule has 0 radical (unpaired) electrons. The van der Waals surface area contributed by atoms with Crippen molar-refractivity contribution in [1.29, 1.82) is 0 Å². The number of carbonyl (C=O) groups is 1. The van der Waals surface area contributed by atoms with Crippen molar-refractivity contribution in [3.05, 3.63) is 0 Å². The lowest BCUT2D eigenvalue weighted by Crippen LogP contribution is -2.44. The van der Waals surface area contributed by atoms with Crippen LogP contribution in [-0.2, 0) is 4.79 Å². The van der Waals surface area contributed by atoms with Gasteiger partial charge in [-0.15, -0.1) is 0 Å². The Bertz CT molecular complexity index is 839. The van der Waals surface area contributed by atoms with Crippen molar-refractivity contribution in [3.8, 4) is 0 Å². The van der Waals surface area contributed by atoms with Gasteiger partial charge in [0.1, 0.15) is 5.78 Å². The normalized spacial score (nSPS) is 14.1. The number of ketones is 1. The van der Waals surface area contributed by atoms with E-state index < -0.39 is 0 Å². The number of carbonyl (C=O) groups excluding carboxylic acids is 1. The lowest BCUT2D eigenvalue weighted by molar-refractivity contribution is -0.125. The molecule has 1 aliphatic heterocycles. The van der Waals surface area contributed by atoms with Crippen molar-refractivity contribution >= 4 is 5.78 Å². The highest BCUT2D eigenvalue weighted by Gasteiger charge is 2.26. The Hall–Kier alpha value is -0.490. The molecule has 0 N–H and O–H groups in total. The van der Waals surface area contributed by atoms with E-state index in [-0.39, 0.29) is 5.92 Å². The van der Waals surface area contributed by atoms with Gasteiger partial charge < -0.3 is 14.7 Å². The fourth-order valence-electron chi connectivity index (χ4n) is 9.80. The lowest BCUT2D eigenvalue weighted by atomic mass is 9.92. The summed E-state index contributed by atoms with van der Waals surface area (Å²) in [5.41, 5.74) is 0. The SMILES string of the molecule is CCCCCCCCCN(CCCCCCCCC)CCN1CCC(C(=O)CN(CCCCCCCCC)CCN(CCCCCCCCC)CCCCCCCCC)CC1. The average Bonchev–Trinajstić information content (AvgIpc) is 3.27. The molecule has 0 spiro atoms. The number of hydrogen-bond acceptors (Lipinski definition) is 5. The summed E-state index contributed by atoms with van der Waals surface area (Å²) >= 11 is 0. The number of hydrogen-bond donors (Lipinski definition) is 0. The fraction of sp³-hybridized carbons (Fsp3) is 0.982. The van der Waals surface area contributed by atoms with Crippen LogP contribution >= 0.6 is 0 Å². The third-order valence-electron chi connectivity index (χ3n) is 14.3. The van der Waals surface area contributed by atoms with Crippen LogP contribution in [0.25, 0.3) is 0 Å². The second kappa shape index (κ2) is 46.1. The molecule has 0 aliphatic carbocycles. The summed E-state index contributed by atoms with van der Waals surface area (Å²) in [5, 5.41) is 0. The van der Waals surface area contributed by atoms with Gasteiger partial charge in [-0.3, -0.25) is 9.69 Å². The van der Waals surface area contributed by atoms with Crippen molar-refractivity contribution in [2.75, 3.05) is 78.5 Å². The molecule has 1 rings (SSSR count). The van der Waals surface area contributed by atoms with Crippen molar-refractivity contribution in [2.45, 2.75) is 272 Å². The first kappa shape index (κ1) is 58.5. The molecular weight excluding hydrogens is 745 g/mol. The van der Waals surface area contributed by atoms with E-state index in [0.29, 0.717) is 12.3 Å². The second-order valence-electron chi connectivity index (χ2n) is 20.1. The number of likely N-dealkylation sites (tertiary alicyclic amines) is 1. The maximum atomic E-state index is 14.0. The van der Waals surface area contributed by atoms with Crippen molar-refractivity contribution < 1.29 is 4.79 Å². The van der Waals surface area contributed by atoms with Gasteiger partial charge in [0.15, 0.2) is 0 Å². The predicted molar refractivity (Wildman–Crippen MR) is 273 cm³/mol. The van der Waals surface area contributed by atoms with Crippen LogP contribution < -0.4 is 0 Å². The van der Waals surface area contributed by atoms with Gasteiger partial charge in [-0.2, -0.15) is 0 Å². The number of nitrogens with zero attached hydrogens (tertiary/aromatic N) is 4. The van der Waals surface area contributed by atoms with Crippen LogP contribution in [-0.4, -0.2) is 104 Å². The van der Waals surface area contributed by atoms with Gasteiger partial charge in [-0.25, -0.2) is 0 Å². The summed E-state index contributed by atoms with van der Waals surface area (Å²) in [5.74, 6) is 0.814. The van der Waals surface area contributed by atoms with Gasteiger partial charge in [0.25, 0.3) is 0 Å². The molecule has 0 aromatic heterocycles. The number of Topliss-reactive ketones (excluding diaryl/α,β-unsaturated/α-hetero) is 1. The Morgan fingerprint density at radius 1 is 0.344 bits per heavy atom. The maximum Gasteiger partial charge on any atom is 0.149 e. The molecule has 0 atom stereocenters. The average molecular weight is 860 g/mol. The third-order valence-corrected chi connectivity index (χ3v) is 14.3. The number of piperidine rings is 1. The molecule has 5 heteroatoms. The summed E-state index contributed by atoms with van der Waals surface area (Å²) in [6.45, 7) is 25.3. The first-order valence-corrected chi connectivity index (χ1v) is 28.5. The molecule has 1 fully saturated rings. The molecule has 0 bridgehead atoms. The highest BCUT2D eigenvalue weighted by atomic mass is 16.1. The van der Waals surface area contributed by atoms with E-state index in [1.807, 2.05) is 0 Å². The minimum Gasteiger partial charge on any atom is -0.302 e. The smallest absolute Gasteiger partial charge is 0.149 e. The summed E-state index contributed by atoms with van der Waals surface area (Å²) in [6, 6.07) is 0. The minimum absolute atomic E-state index is 0.265. The first-order valence-electron chi connectivity index (χ1n) is 28.5. The molecule has 1 aliphatic rings. The van der Waals surface area contributed by atoms with E-state index in [1.54, 1.807) is 0 Å². The molecule has 0 unspecified atom stereocenters. The van der Waals surface area contributed by atoms with Gasteiger partial charge in [0.2, 0.25) is 0 Å². The van der Waals surface area contributed by atoms with E-state index in [4.69, 9.17) is 0 Å². The molecule has 1 saturated heterocycles. The standard InChI is InChI=1S/C56H114N4O/c1-6-11-16-21-26-31-36-43-57(44-37-32-27-22-17-12-7-2)50-51-59-48-41-55(42-49-59)56(61)54-60(47-40-35-30-25-20-15-10-5)53-52-58(45-38-33-28-23-18-13-8-3)46-39-34-29-24-19-14-9-4/h55H,6-54H2,1-5H3. The van der Waals surface area contributed by atoms with Crippen LogP contribution in [0.2, 0.25) is 0 Å². The zero-order chi connectivity index (χ0) is 44.1. The molecular formula is C56H114N4O. The highest BCUT2D eigenvalue weighted by Crippen LogP contribution is 2.20. The second-order valence-corrected chi connectivity index (χ2v) is 20.1. The molecule has 0 aromatic rings. The van der Waals surface area contributed by atoms with Crippen LogP contribution in [0.4, 0.5) is 0 Å². The van der Waals surface area contributed by atoms with E-state index in [1.165, 1.54) is 264 Å². The van der Waals surface area contributed by atoms with Gasteiger partial charge in [-0.1, -0.05) is 227 Å². The van der Waals surface area contributed by atoms with Gasteiger partial charge >= 0.3 is 0 Å². The minimum atomic E-state index is 0.265. The summed E-state index contributed by atoms with van der Waals surface area (Å²) in [7, 11) is 0. The van der Waals surface area contributed by atoms with Crippen molar-refractivity contribution in [2.24, 2.45) is 5.92 Å². The van der Waals surface area contributed by atoms with Gasteiger partial charge in [0, 0.05) is 32.1 Å². The Morgan fingerprint density at radius 2 is 0.607 bits per heavy atom. The Morgan fingerprint density at radius 3 is 0.934 bits per heavy atom. The monoisotopic (exact) mass is 859 g/mol. The first-order chi connectivity index (χ1) is 30.1. The largest absolute Gasteiger partial charge is 0.302 e. The summed E-state index contributed by atoms with van der Waals surface area (Å²) in [4.78, 5) is 25.0. The van der Waals surface area contributed by atoms with Crippen LogP contribution in [0.5, 0.6) is 0 Å². The number of rotatable bonds is 49. The van der Waals surface area contributed by atoms with Crippen LogP contribution in [0.3, 0.4) is 0 Å². The van der Waals surface area contributed by atoms with E-state index in [9.17, 15) is 4.79 Å². The zero-order valence-corrected chi connectivity index (χ0v) is 42.9. The highest BCUT2D eigenvalue weighted by molar-refractivity contribution is 5.83. The van der Waals surface area contributed by atoms with Crippen LogP contribution in [0.1, 0.15) is 272 Å². The quantitative estimate of drug-likeness (QED) is 0.0569. The zero-order valence-electron chi connectivity index (χ0n) is 42.9. The van der Waals surface area contributed by atoms with Crippen molar-refractivity contribution in [1.82, 2.24) is 19.6 Å². The van der Waals surface area contributed by atoms with Gasteiger partial charge in [-0.05, 0) is 90.8 Å². The van der Waals surface area contributed by atoms with Gasteiger partial charge in [0.05, 0.1) is 6.54 Å². The topological polar surface area (TPSA) is 30.0 Å². The molecule has 1 heterocycles. The van der Waals surface area contributed by atoms with Crippen molar-refractivity contribution in [3.63, 3.8) is 0 Å². The van der Waals surface area contributed by atoms with Crippen LogP contribution in [0, 0.1) is 5.92 Å². The number of unbranched alkanes of at least 4 members (excludes halogenated alkanes) is 30. The molecule has 0 saturated carbocycles. The van der Waals surface area contributed by atoms with E-state index in [0.717, 1.165) is 45.6 Å². The van der Waals surface area contributed by atoms with E-state index in [2.05, 4.69) is 54.2 Å². The molecule has 5 nitrogen and oxygen atoms in total. The summed E-state index contributed by atoms with van der Waals surface area (Å²) in [6.07, 6.45) is 50.5. The van der Waals surface area contributed by atoms with Crippen LogP contribution in [0.15, 0.2) is 0 Å². The third kappa shape index (κ3) is 37.4. The summed E-state index contributed by atoms with van der Waals surface area (Å²) < 4.78 is 0. The molecule has 61 heavy (non-hydrogen) atoms. The Balaban J connectivity index is 2.70. The fourth-order valence-corrected chi connectivity index (χ4v) is 9.80. The molecule has 0 aromatic carbocycles. The Kier molecular flexibility index (Phi) is 44.2. The predicted octanol–water partition coefficient (Wildman–Crippen LogP) is 15.9. The molecule has 0 amide bonds. The maximum absolute atomic E-state index is 14.0. The lowest BCUT2D eigenvalue weighted by Gasteiger charge is -2.34. The van der Waals surface area contributed by atoms with E-state index >= 15 is 0 Å². The molecule has 364 valence electrons. The Labute approximate surface area is 385 Å².